The van der Waals surface area contributed by atoms with E-state index in [9.17, 15) is 4.39 Å². The molecule has 0 aliphatic rings. The lowest BCUT2D eigenvalue weighted by atomic mass is 10.2. The van der Waals surface area contributed by atoms with Gasteiger partial charge in [-0.1, -0.05) is 6.92 Å². The van der Waals surface area contributed by atoms with Crippen molar-refractivity contribution in [2.24, 2.45) is 0 Å². The highest BCUT2D eigenvalue weighted by molar-refractivity contribution is 5.83. The van der Waals surface area contributed by atoms with Gasteiger partial charge in [-0.2, -0.15) is 0 Å². The zero-order valence-electron chi connectivity index (χ0n) is 10.8. The Bertz CT molecular complexity index is 749. The first-order chi connectivity index (χ1) is 9.24. The van der Waals surface area contributed by atoms with Gasteiger partial charge < -0.3 is 5.32 Å². The second-order valence-electron chi connectivity index (χ2n) is 4.25. The number of anilines is 1. The van der Waals surface area contributed by atoms with Crippen LogP contribution in [0.2, 0.25) is 0 Å². The van der Waals surface area contributed by atoms with Gasteiger partial charge in [-0.05, 0) is 19.1 Å². The maximum atomic E-state index is 13.5. The molecule has 3 aromatic rings. The van der Waals surface area contributed by atoms with E-state index in [0.717, 1.165) is 24.3 Å². The summed E-state index contributed by atoms with van der Waals surface area (Å²) in [5.41, 5.74) is 2.05. The topological polar surface area (TPSA) is 55.1 Å². The Morgan fingerprint density at radius 2 is 2.11 bits per heavy atom. The van der Waals surface area contributed by atoms with Crippen molar-refractivity contribution in [1.29, 1.82) is 0 Å². The fraction of sp³-hybridized carbons (Fsp3) is 0.308. The molecule has 0 atom stereocenters. The van der Waals surface area contributed by atoms with E-state index >= 15 is 0 Å². The van der Waals surface area contributed by atoms with Gasteiger partial charge in [-0.25, -0.2) is 9.37 Å². The van der Waals surface area contributed by atoms with Crippen LogP contribution in [0.5, 0.6) is 0 Å². The first-order valence-electron chi connectivity index (χ1n) is 6.31. The largest absolute Gasteiger partial charge is 0.367 e. The van der Waals surface area contributed by atoms with E-state index in [1.165, 1.54) is 12.1 Å². The number of nitrogens with one attached hydrogen (secondary N) is 1. The minimum Gasteiger partial charge on any atom is -0.367 e. The molecule has 0 radical (unpaired) electrons. The fourth-order valence-electron chi connectivity index (χ4n) is 2.18. The van der Waals surface area contributed by atoms with Crippen LogP contribution in [0, 0.1) is 5.82 Å². The van der Waals surface area contributed by atoms with Crippen molar-refractivity contribution >= 4 is 22.5 Å². The Hall–Kier alpha value is -2.24. The summed E-state index contributed by atoms with van der Waals surface area (Å²) in [6.45, 7) is 4.72. The van der Waals surface area contributed by atoms with Crippen molar-refractivity contribution in [3.63, 3.8) is 0 Å². The number of aromatic nitrogens is 4. The van der Waals surface area contributed by atoms with Gasteiger partial charge in [-0.15, -0.1) is 10.2 Å². The van der Waals surface area contributed by atoms with Crippen molar-refractivity contribution in [3.05, 3.63) is 29.8 Å². The summed E-state index contributed by atoms with van der Waals surface area (Å²) < 4.78 is 15.3. The molecule has 1 aromatic carbocycles. The summed E-state index contributed by atoms with van der Waals surface area (Å²) in [6, 6.07) is 4.55. The Kier molecular flexibility index (Phi) is 2.77. The lowest BCUT2D eigenvalue weighted by molar-refractivity contribution is 0.629. The molecule has 1 N–H and O–H groups in total. The Balaban J connectivity index is 2.45. The van der Waals surface area contributed by atoms with Gasteiger partial charge in [0.2, 0.25) is 5.65 Å². The fourth-order valence-corrected chi connectivity index (χ4v) is 2.18. The normalized spacial score (nSPS) is 11.3. The summed E-state index contributed by atoms with van der Waals surface area (Å²) in [7, 11) is 0. The van der Waals surface area contributed by atoms with E-state index in [-0.39, 0.29) is 5.82 Å². The quantitative estimate of drug-likeness (QED) is 0.784. The molecular formula is C13H14FN5. The molecule has 0 fully saturated rings. The molecule has 0 aliphatic heterocycles. The Morgan fingerprint density at radius 1 is 1.26 bits per heavy atom. The molecule has 0 amide bonds. The highest BCUT2D eigenvalue weighted by atomic mass is 19.1. The molecule has 5 nitrogen and oxygen atoms in total. The lowest BCUT2D eigenvalue weighted by Gasteiger charge is -2.08. The van der Waals surface area contributed by atoms with Gasteiger partial charge in [0.1, 0.15) is 11.6 Å². The molecule has 0 bridgehead atoms. The van der Waals surface area contributed by atoms with Crippen LogP contribution in [0.15, 0.2) is 18.2 Å². The van der Waals surface area contributed by atoms with E-state index in [0.29, 0.717) is 17.0 Å². The molecule has 2 heterocycles. The Morgan fingerprint density at radius 3 is 2.84 bits per heavy atom. The average Bonchev–Trinajstić information content (AvgIpc) is 2.84. The zero-order valence-corrected chi connectivity index (χ0v) is 10.8. The smallest absolute Gasteiger partial charge is 0.204 e. The zero-order chi connectivity index (χ0) is 13.4. The van der Waals surface area contributed by atoms with E-state index in [1.807, 2.05) is 18.2 Å². The molecule has 0 saturated carbocycles. The van der Waals surface area contributed by atoms with Crippen LogP contribution in [0.1, 0.15) is 19.7 Å². The van der Waals surface area contributed by atoms with Crippen LogP contribution in [-0.4, -0.2) is 26.1 Å². The third kappa shape index (κ3) is 1.80. The van der Waals surface area contributed by atoms with Gasteiger partial charge in [-0.3, -0.25) is 4.40 Å². The summed E-state index contributed by atoms with van der Waals surface area (Å²) >= 11 is 0. The second-order valence-corrected chi connectivity index (χ2v) is 4.25. The molecule has 2 aromatic heterocycles. The lowest BCUT2D eigenvalue weighted by Crippen LogP contribution is -2.05. The highest BCUT2D eigenvalue weighted by Gasteiger charge is 2.14. The molecular weight excluding hydrogens is 245 g/mol. The Labute approximate surface area is 109 Å². The molecule has 0 unspecified atom stereocenters. The third-order valence-corrected chi connectivity index (χ3v) is 3.01. The number of aryl methyl sites for hydroxylation is 1. The number of fused-ring (bicyclic) bond motifs is 3. The van der Waals surface area contributed by atoms with E-state index < -0.39 is 0 Å². The van der Waals surface area contributed by atoms with Crippen LogP contribution in [0.3, 0.4) is 0 Å². The van der Waals surface area contributed by atoms with Gasteiger partial charge in [0.05, 0.1) is 11.0 Å². The minimum atomic E-state index is -0.289. The SMILES string of the molecule is CCNc1nc2ccc(F)cc2n2c(CC)nnc12. The predicted molar refractivity (Wildman–Crippen MR) is 71.8 cm³/mol. The number of hydrogen-bond donors (Lipinski definition) is 1. The third-order valence-electron chi connectivity index (χ3n) is 3.01. The number of nitrogens with zero attached hydrogens (tertiary/aromatic N) is 4. The van der Waals surface area contributed by atoms with Gasteiger partial charge >= 0.3 is 0 Å². The molecule has 0 aliphatic carbocycles. The summed E-state index contributed by atoms with van der Waals surface area (Å²) in [5, 5.41) is 11.5. The highest BCUT2D eigenvalue weighted by Crippen LogP contribution is 2.22. The molecule has 6 heteroatoms. The number of rotatable bonds is 3. The summed E-state index contributed by atoms with van der Waals surface area (Å²) in [4.78, 5) is 4.48. The van der Waals surface area contributed by atoms with Crippen molar-refractivity contribution < 1.29 is 4.39 Å². The number of halogens is 1. The number of hydrogen-bond acceptors (Lipinski definition) is 4. The van der Waals surface area contributed by atoms with Gasteiger partial charge in [0.15, 0.2) is 5.82 Å². The minimum absolute atomic E-state index is 0.289. The average molecular weight is 259 g/mol. The van der Waals surface area contributed by atoms with Crippen LogP contribution in [0.25, 0.3) is 16.7 Å². The van der Waals surface area contributed by atoms with Crippen molar-refractivity contribution in [2.45, 2.75) is 20.3 Å². The molecule has 19 heavy (non-hydrogen) atoms. The first kappa shape index (κ1) is 11.8. The monoisotopic (exact) mass is 259 g/mol. The van der Waals surface area contributed by atoms with Crippen molar-refractivity contribution in [2.75, 3.05) is 11.9 Å². The molecule has 3 rings (SSSR count). The molecule has 0 saturated heterocycles. The van der Waals surface area contributed by atoms with Gasteiger partial charge in [0.25, 0.3) is 0 Å². The second kappa shape index (κ2) is 4.46. The molecule has 98 valence electrons. The first-order valence-corrected chi connectivity index (χ1v) is 6.31. The van der Waals surface area contributed by atoms with E-state index in [1.54, 1.807) is 6.07 Å². The maximum absolute atomic E-state index is 13.5. The van der Waals surface area contributed by atoms with Crippen LogP contribution >= 0.6 is 0 Å². The van der Waals surface area contributed by atoms with Crippen molar-refractivity contribution in [3.8, 4) is 0 Å². The number of benzene rings is 1. The van der Waals surface area contributed by atoms with Crippen LogP contribution in [-0.2, 0) is 6.42 Å². The molecule has 0 spiro atoms. The summed E-state index contributed by atoms with van der Waals surface area (Å²) in [5.74, 6) is 1.18. The predicted octanol–water partition coefficient (Wildman–Crippen LogP) is 2.41. The van der Waals surface area contributed by atoms with Gasteiger partial charge in [0, 0.05) is 19.0 Å². The van der Waals surface area contributed by atoms with Crippen molar-refractivity contribution in [1.82, 2.24) is 19.6 Å². The van der Waals surface area contributed by atoms with Crippen LogP contribution < -0.4 is 5.32 Å². The van der Waals surface area contributed by atoms with E-state index in [2.05, 4.69) is 20.5 Å². The van der Waals surface area contributed by atoms with Crippen LogP contribution in [0.4, 0.5) is 10.2 Å². The van der Waals surface area contributed by atoms with E-state index in [4.69, 9.17) is 0 Å². The maximum Gasteiger partial charge on any atom is 0.204 e. The summed E-state index contributed by atoms with van der Waals surface area (Å²) in [6.07, 6.45) is 0.725. The standard InChI is InChI=1S/C13H14FN5/c1-3-11-17-18-13-12(15-4-2)16-9-6-5-8(14)7-10(9)19(11)13/h5-7H,3-4H2,1-2H3,(H,15,16).